The monoisotopic (exact) mass is 702 g/mol. The average Bonchev–Trinajstić information content (AvgIpc) is 4.07. The molecule has 3 fully saturated rings. The molecule has 0 atom stereocenters. The molecular weight excluding hydrogens is 660 g/mol. The maximum absolute atomic E-state index is 14.2. The van der Waals surface area contributed by atoms with E-state index < -0.39 is 47.4 Å². The molecule has 0 unspecified atom stereocenters. The van der Waals surface area contributed by atoms with Crippen molar-refractivity contribution in [1.29, 1.82) is 0 Å². The molecule has 4 aromatic carbocycles. The van der Waals surface area contributed by atoms with E-state index >= 15 is 0 Å². The van der Waals surface area contributed by atoms with Gasteiger partial charge in [0.15, 0.2) is 0 Å². The van der Waals surface area contributed by atoms with Crippen molar-refractivity contribution in [3.05, 3.63) is 120 Å². The zero-order valence-electron chi connectivity index (χ0n) is 28.8. The molecule has 268 valence electrons. The van der Waals surface area contributed by atoms with Gasteiger partial charge in [-0.1, -0.05) is 60.7 Å². The summed E-state index contributed by atoms with van der Waals surface area (Å²) in [6, 6.07) is 33.3. The first-order valence-electron chi connectivity index (χ1n) is 17.9. The highest BCUT2D eigenvalue weighted by Crippen LogP contribution is 2.50. The van der Waals surface area contributed by atoms with E-state index in [2.05, 4.69) is 0 Å². The van der Waals surface area contributed by atoms with Crippen molar-refractivity contribution in [3.8, 4) is 23.0 Å². The predicted molar refractivity (Wildman–Crippen MR) is 191 cm³/mol. The number of para-hydroxylation sites is 2. The van der Waals surface area contributed by atoms with Crippen molar-refractivity contribution in [2.75, 3.05) is 13.1 Å². The molecule has 3 aliphatic carbocycles. The van der Waals surface area contributed by atoms with Crippen LogP contribution in [0.3, 0.4) is 0 Å². The highest BCUT2D eigenvalue weighted by molar-refractivity contribution is 5.99. The van der Waals surface area contributed by atoms with Gasteiger partial charge in [0, 0.05) is 26.2 Å². The summed E-state index contributed by atoms with van der Waals surface area (Å²) in [7, 11) is 0. The van der Waals surface area contributed by atoms with E-state index in [9.17, 15) is 29.4 Å². The van der Waals surface area contributed by atoms with Crippen LogP contribution in [-0.2, 0) is 32.3 Å². The standard InChI is InChI=1S/C42H42N2O8/c45-39(43(23-27-11-12-27)25-29-15-19-33(20-16-29)51-31-7-3-1-4-8-31)35-37(41(47)48)36(38(35)42(49)50)40(46)44(24-28-13-14-28)26-30-17-21-34(22-18-30)52-32-9-5-2-6-10-32/h1-10,15-22,27-28,35-38H,11-14,23-26H2,(H,47,48)(H,49,50)/t35-,36-,37-,38-. The van der Waals surface area contributed by atoms with Crippen LogP contribution in [0.1, 0.15) is 36.8 Å². The lowest BCUT2D eigenvalue weighted by atomic mass is 9.55. The summed E-state index contributed by atoms with van der Waals surface area (Å²) in [6.07, 6.45) is 3.78. The van der Waals surface area contributed by atoms with Gasteiger partial charge >= 0.3 is 11.9 Å². The molecule has 0 radical (unpaired) electrons. The van der Waals surface area contributed by atoms with Crippen LogP contribution in [0.5, 0.6) is 23.0 Å². The van der Waals surface area contributed by atoms with Gasteiger partial charge in [0.1, 0.15) is 23.0 Å². The highest BCUT2D eigenvalue weighted by Gasteiger charge is 2.65. The van der Waals surface area contributed by atoms with Crippen molar-refractivity contribution in [2.24, 2.45) is 35.5 Å². The molecule has 2 amide bonds. The molecular formula is C42H42N2O8. The molecule has 2 N–H and O–H groups in total. The molecule has 0 heterocycles. The number of amides is 2. The van der Waals surface area contributed by atoms with Crippen LogP contribution in [0.4, 0.5) is 0 Å². The molecule has 4 aromatic rings. The fourth-order valence-electron chi connectivity index (χ4n) is 7.10. The summed E-state index contributed by atoms with van der Waals surface area (Å²) >= 11 is 0. The van der Waals surface area contributed by atoms with E-state index in [-0.39, 0.29) is 24.9 Å². The van der Waals surface area contributed by atoms with Gasteiger partial charge in [0.05, 0.1) is 23.7 Å². The van der Waals surface area contributed by atoms with E-state index in [1.54, 1.807) is 34.1 Å². The van der Waals surface area contributed by atoms with Crippen molar-refractivity contribution in [2.45, 2.75) is 38.8 Å². The lowest BCUT2D eigenvalue weighted by Gasteiger charge is -2.48. The SMILES string of the molecule is O=C(O)[C@H]1[C@H](C(=O)N(Cc2ccc(Oc3ccccc3)cc2)CC2CC2)[C@H](C(=O)O)[C@H]1C(=O)N(Cc1ccc(Oc2ccccc2)cc1)CC1CC1. The van der Waals surface area contributed by atoms with Crippen LogP contribution in [-0.4, -0.2) is 56.9 Å². The number of ether oxygens (including phenoxy) is 2. The number of hydrogen-bond donors (Lipinski definition) is 2. The summed E-state index contributed by atoms with van der Waals surface area (Å²) in [5, 5.41) is 20.9. The zero-order valence-corrected chi connectivity index (χ0v) is 28.8. The lowest BCUT2D eigenvalue weighted by Crippen LogP contribution is -2.64. The summed E-state index contributed by atoms with van der Waals surface area (Å²) < 4.78 is 11.8. The van der Waals surface area contributed by atoms with Gasteiger partial charge < -0.3 is 29.5 Å². The fourth-order valence-corrected chi connectivity index (χ4v) is 7.10. The van der Waals surface area contributed by atoms with E-state index in [4.69, 9.17) is 9.47 Å². The number of rotatable bonds is 16. The Balaban J connectivity index is 1.07. The fraction of sp³-hybridized carbons (Fsp3) is 0.333. The highest BCUT2D eigenvalue weighted by atomic mass is 16.5. The third-order valence-corrected chi connectivity index (χ3v) is 10.2. The molecule has 10 nitrogen and oxygen atoms in total. The molecule has 52 heavy (non-hydrogen) atoms. The number of nitrogens with zero attached hydrogens (tertiary/aromatic N) is 2. The van der Waals surface area contributed by atoms with E-state index in [0.717, 1.165) is 36.8 Å². The summed E-state index contributed by atoms with van der Waals surface area (Å²) in [5.41, 5.74) is 1.60. The van der Waals surface area contributed by atoms with E-state index in [1.807, 2.05) is 84.9 Å². The number of hydrogen-bond acceptors (Lipinski definition) is 6. The first kappa shape index (κ1) is 34.8. The minimum atomic E-state index is -1.45. The third-order valence-electron chi connectivity index (χ3n) is 10.2. The smallest absolute Gasteiger partial charge is 0.308 e. The zero-order chi connectivity index (χ0) is 36.2. The predicted octanol–water partition coefficient (Wildman–Crippen LogP) is 7.10. The van der Waals surface area contributed by atoms with Gasteiger partial charge in [-0.05, 0) is 97.2 Å². The van der Waals surface area contributed by atoms with E-state index in [0.29, 0.717) is 36.1 Å². The molecule has 0 bridgehead atoms. The Morgan fingerprint density at radius 3 is 1.12 bits per heavy atom. The Hall–Kier alpha value is -5.64. The molecule has 0 aliphatic heterocycles. The van der Waals surface area contributed by atoms with Crippen LogP contribution in [0.25, 0.3) is 0 Å². The maximum atomic E-state index is 14.2. The van der Waals surface area contributed by atoms with Crippen LogP contribution in [0.15, 0.2) is 109 Å². The number of aliphatic carboxylic acids is 2. The Morgan fingerprint density at radius 2 is 0.808 bits per heavy atom. The average molecular weight is 703 g/mol. The van der Waals surface area contributed by atoms with Gasteiger partial charge in [-0.2, -0.15) is 0 Å². The summed E-state index contributed by atoms with van der Waals surface area (Å²) in [4.78, 5) is 57.3. The normalized spacial score (nSPS) is 20.6. The number of carbonyl (C=O) groups is 4. The molecule has 0 aromatic heterocycles. The van der Waals surface area contributed by atoms with Crippen LogP contribution in [0.2, 0.25) is 0 Å². The van der Waals surface area contributed by atoms with E-state index in [1.165, 1.54) is 0 Å². The van der Waals surface area contributed by atoms with Gasteiger partial charge in [-0.15, -0.1) is 0 Å². The number of carboxylic acids is 2. The first-order valence-corrected chi connectivity index (χ1v) is 17.9. The molecule has 10 heteroatoms. The molecule has 7 rings (SSSR count). The quantitative estimate of drug-likeness (QED) is 0.126. The number of benzene rings is 4. The Bertz CT molecular complexity index is 1730. The summed E-state index contributed by atoms with van der Waals surface area (Å²) in [5.74, 6) is -6.20. The molecule has 0 saturated heterocycles. The minimum absolute atomic E-state index is 0.187. The van der Waals surface area contributed by atoms with Gasteiger partial charge in [-0.25, -0.2) is 0 Å². The minimum Gasteiger partial charge on any atom is -0.481 e. The van der Waals surface area contributed by atoms with Gasteiger partial charge in [-0.3, -0.25) is 19.2 Å². The van der Waals surface area contributed by atoms with Crippen LogP contribution >= 0.6 is 0 Å². The van der Waals surface area contributed by atoms with Gasteiger partial charge in [0.25, 0.3) is 0 Å². The van der Waals surface area contributed by atoms with Crippen molar-refractivity contribution in [3.63, 3.8) is 0 Å². The number of carbonyl (C=O) groups excluding carboxylic acids is 2. The summed E-state index contributed by atoms with van der Waals surface area (Å²) in [6.45, 7) is 1.17. The maximum Gasteiger partial charge on any atom is 0.308 e. The molecule has 3 aliphatic rings. The largest absolute Gasteiger partial charge is 0.481 e. The van der Waals surface area contributed by atoms with Crippen molar-refractivity contribution < 1.29 is 38.9 Å². The first-order chi connectivity index (χ1) is 25.2. The van der Waals surface area contributed by atoms with Crippen LogP contribution in [0, 0.1) is 35.5 Å². The Kier molecular flexibility index (Phi) is 10.2. The number of carboxylic acid groups (broad SMARTS) is 2. The second-order valence-corrected chi connectivity index (χ2v) is 14.2. The van der Waals surface area contributed by atoms with Gasteiger partial charge in [0.2, 0.25) is 11.8 Å². The Morgan fingerprint density at radius 1 is 0.481 bits per heavy atom. The molecule has 3 saturated carbocycles. The van der Waals surface area contributed by atoms with Crippen molar-refractivity contribution >= 4 is 23.8 Å². The second kappa shape index (κ2) is 15.3. The lowest BCUT2D eigenvalue weighted by molar-refractivity contribution is -0.187. The second-order valence-electron chi connectivity index (χ2n) is 14.2. The molecule has 0 spiro atoms. The van der Waals surface area contributed by atoms with Crippen molar-refractivity contribution in [1.82, 2.24) is 9.80 Å². The Labute approximate surface area is 302 Å². The topological polar surface area (TPSA) is 134 Å². The van der Waals surface area contributed by atoms with Crippen LogP contribution < -0.4 is 9.47 Å². The third kappa shape index (κ3) is 8.28.